The predicted octanol–water partition coefficient (Wildman–Crippen LogP) is 4.41. The molecule has 2 aromatic carbocycles. The van der Waals surface area contributed by atoms with Gasteiger partial charge in [-0.05, 0) is 42.9 Å². The SMILES string of the molecule is Cc1ccccc1CN[C@H]1CCCc2c1cnn2Cc1ccccc1. The smallest absolute Gasteiger partial charge is 0.0662 e. The van der Waals surface area contributed by atoms with Crippen molar-refractivity contribution in [3.63, 3.8) is 0 Å². The average Bonchev–Trinajstić information content (AvgIpc) is 3.05. The lowest BCUT2D eigenvalue weighted by Gasteiger charge is -2.25. The van der Waals surface area contributed by atoms with E-state index in [1.807, 2.05) is 0 Å². The van der Waals surface area contributed by atoms with E-state index in [-0.39, 0.29) is 0 Å². The van der Waals surface area contributed by atoms with Crippen LogP contribution in [0.2, 0.25) is 0 Å². The van der Waals surface area contributed by atoms with Crippen molar-refractivity contribution >= 4 is 0 Å². The van der Waals surface area contributed by atoms with Crippen molar-refractivity contribution in [1.82, 2.24) is 15.1 Å². The van der Waals surface area contributed by atoms with Crippen LogP contribution in [0.1, 0.15) is 46.8 Å². The summed E-state index contributed by atoms with van der Waals surface area (Å²) in [7, 11) is 0. The Morgan fingerprint density at radius 2 is 1.88 bits per heavy atom. The van der Waals surface area contributed by atoms with Gasteiger partial charge in [-0.1, -0.05) is 54.6 Å². The fourth-order valence-electron chi connectivity index (χ4n) is 3.76. The van der Waals surface area contributed by atoms with Crippen LogP contribution in [-0.4, -0.2) is 9.78 Å². The molecule has 1 heterocycles. The van der Waals surface area contributed by atoms with E-state index in [0.717, 1.165) is 19.5 Å². The van der Waals surface area contributed by atoms with Gasteiger partial charge >= 0.3 is 0 Å². The summed E-state index contributed by atoms with van der Waals surface area (Å²) in [6.45, 7) is 3.96. The molecule has 0 bridgehead atoms. The quantitative estimate of drug-likeness (QED) is 0.750. The van der Waals surface area contributed by atoms with Crippen LogP contribution in [0.3, 0.4) is 0 Å². The molecule has 128 valence electrons. The summed E-state index contributed by atoms with van der Waals surface area (Å²) in [5.41, 5.74) is 6.83. The maximum atomic E-state index is 4.69. The summed E-state index contributed by atoms with van der Waals surface area (Å²) in [5.74, 6) is 0. The number of aromatic nitrogens is 2. The Morgan fingerprint density at radius 3 is 2.72 bits per heavy atom. The zero-order chi connectivity index (χ0) is 17.1. The minimum atomic E-state index is 0.410. The summed E-state index contributed by atoms with van der Waals surface area (Å²) in [5, 5.41) is 8.45. The van der Waals surface area contributed by atoms with Crippen LogP contribution in [0.4, 0.5) is 0 Å². The topological polar surface area (TPSA) is 29.9 Å². The molecule has 1 aromatic heterocycles. The third-order valence-electron chi connectivity index (χ3n) is 5.24. The van der Waals surface area contributed by atoms with Gasteiger partial charge in [-0.25, -0.2) is 0 Å². The predicted molar refractivity (Wildman–Crippen MR) is 101 cm³/mol. The van der Waals surface area contributed by atoms with Gasteiger partial charge in [0.1, 0.15) is 0 Å². The fourth-order valence-corrected chi connectivity index (χ4v) is 3.76. The lowest BCUT2D eigenvalue weighted by Crippen LogP contribution is -2.25. The van der Waals surface area contributed by atoms with E-state index in [1.165, 1.54) is 40.8 Å². The molecule has 3 nitrogen and oxygen atoms in total. The zero-order valence-electron chi connectivity index (χ0n) is 14.8. The molecule has 4 rings (SSSR count). The molecule has 0 radical (unpaired) electrons. The molecule has 0 fully saturated rings. The normalized spacial score (nSPS) is 16.6. The minimum Gasteiger partial charge on any atom is -0.306 e. The van der Waals surface area contributed by atoms with Gasteiger partial charge in [-0.3, -0.25) is 4.68 Å². The molecule has 25 heavy (non-hydrogen) atoms. The number of nitrogens with zero attached hydrogens (tertiary/aromatic N) is 2. The highest BCUT2D eigenvalue weighted by Gasteiger charge is 2.24. The number of hydrogen-bond donors (Lipinski definition) is 1. The van der Waals surface area contributed by atoms with Crippen LogP contribution in [0.25, 0.3) is 0 Å². The zero-order valence-corrected chi connectivity index (χ0v) is 14.8. The Bertz CT molecular complexity index is 835. The van der Waals surface area contributed by atoms with E-state index in [9.17, 15) is 0 Å². The maximum Gasteiger partial charge on any atom is 0.0662 e. The number of benzene rings is 2. The Balaban J connectivity index is 1.50. The molecule has 0 aliphatic heterocycles. The number of fused-ring (bicyclic) bond motifs is 1. The molecule has 0 saturated heterocycles. The highest BCUT2D eigenvalue weighted by molar-refractivity contribution is 5.28. The van der Waals surface area contributed by atoms with E-state index in [0.29, 0.717) is 6.04 Å². The third kappa shape index (κ3) is 3.52. The lowest BCUT2D eigenvalue weighted by atomic mass is 9.92. The number of aryl methyl sites for hydroxylation is 1. The Hall–Kier alpha value is -2.39. The summed E-state index contributed by atoms with van der Waals surface area (Å²) < 4.78 is 2.19. The Labute approximate surface area is 149 Å². The Morgan fingerprint density at radius 1 is 1.08 bits per heavy atom. The van der Waals surface area contributed by atoms with Gasteiger partial charge in [-0.2, -0.15) is 5.10 Å². The summed E-state index contributed by atoms with van der Waals surface area (Å²) in [6.07, 6.45) is 5.62. The molecule has 0 unspecified atom stereocenters. The molecule has 1 atom stereocenters. The van der Waals surface area contributed by atoms with Crippen LogP contribution in [0, 0.1) is 6.92 Å². The second-order valence-corrected chi connectivity index (χ2v) is 6.94. The number of hydrogen-bond acceptors (Lipinski definition) is 2. The molecule has 0 amide bonds. The fraction of sp³-hybridized carbons (Fsp3) is 0.318. The van der Waals surface area contributed by atoms with Crippen molar-refractivity contribution < 1.29 is 0 Å². The highest BCUT2D eigenvalue weighted by atomic mass is 15.3. The maximum absolute atomic E-state index is 4.69. The van der Waals surface area contributed by atoms with Crippen molar-refractivity contribution in [2.75, 3.05) is 0 Å². The van der Waals surface area contributed by atoms with Gasteiger partial charge in [0.25, 0.3) is 0 Å². The molecule has 0 spiro atoms. The molecule has 1 N–H and O–H groups in total. The van der Waals surface area contributed by atoms with E-state index in [4.69, 9.17) is 5.10 Å². The van der Waals surface area contributed by atoms with E-state index in [1.54, 1.807) is 0 Å². The first-order chi connectivity index (χ1) is 12.3. The first kappa shape index (κ1) is 16.1. The minimum absolute atomic E-state index is 0.410. The van der Waals surface area contributed by atoms with Gasteiger partial charge in [0, 0.05) is 23.8 Å². The number of nitrogens with one attached hydrogen (secondary N) is 1. The van der Waals surface area contributed by atoms with Gasteiger partial charge in [0.05, 0.1) is 12.7 Å². The molecule has 1 aliphatic carbocycles. The largest absolute Gasteiger partial charge is 0.306 e. The third-order valence-corrected chi connectivity index (χ3v) is 5.24. The molecule has 1 aliphatic rings. The van der Waals surface area contributed by atoms with Crippen molar-refractivity contribution in [3.8, 4) is 0 Å². The lowest BCUT2D eigenvalue weighted by molar-refractivity contribution is 0.449. The van der Waals surface area contributed by atoms with E-state index < -0.39 is 0 Å². The summed E-state index contributed by atoms with van der Waals surface area (Å²) in [4.78, 5) is 0. The average molecular weight is 331 g/mol. The summed E-state index contributed by atoms with van der Waals surface area (Å²) >= 11 is 0. The first-order valence-electron chi connectivity index (χ1n) is 9.17. The van der Waals surface area contributed by atoms with Crippen molar-refractivity contribution in [2.24, 2.45) is 0 Å². The van der Waals surface area contributed by atoms with Gasteiger partial charge in [-0.15, -0.1) is 0 Å². The standard InChI is InChI=1S/C22H25N3/c1-17-8-5-6-11-19(17)14-23-21-12-7-13-22-20(21)15-24-25(22)16-18-9-3-2-4-10-18/h2-6,8-11,15,21,23H,7,12-14,16H2,1H3/t21-/m0/s1. The van der Waals surface area contributed by atoms with Crippen LogP contribution in [0.5, 0.6) is 0 Å². The van der Waals surface area contributed by atoms with E-state index in [2.05, 4.69) is 77.7 Å². The molecule has 3 aromatic rings. The molecular formula is C22H25N3. The van der Waals surface area contributed by atoms with E-state index >= 15 is 0 Å². The molecule has 3 heteroatoms. The van der Waals surface area contributed by atoms with Crippen LogP contribution in [0.15, 0.2) is 60.8 Å². The van der Waals surface area contributed by atoms with Crippen molar-refractivity contribution in [1.29, 1.82) is 0 Å². The van der Waals surface area contributed by atoms with Gasteiger partial charge < -0.3 is 5.32 Å². The second-order valence-electron chi connectivity index (χ2n) is 6.94. The monoisotopic (exact) mass is 331 g/mol. The summed E-state index contributed by atoms with van der Waals surface area (Å²) in [6, 6.07) is 19.6. The van der Waals surface area contributed by atoms with Gasteiger partial charge in [0.15, 0.2) is 0 Å². The van der Waals surface area contributed by atoms with Crippen molar-refractivity contribution in [2.45, 2.75) is 45.3 Å². The number of rotatable bonds is 5. The first-order valence-corrected chi connectivity index (χ1v) is 9.17. The second kappa shape index (κ2) is 7.24. The molecule has 0 saturated carbocycles. The highest BCUT2D eigenvalue weighted by Crippen LogP contribution is 2.30. The van der Waals surface area contributed by atoms with Crippen LogP contribution >= 0.6 is 0 Å². The van der Waals surface area contributed by atoms with Crippen LogP contribution < -0.4 is 5.32 Å². The molecular weight excluding hydrogens is 306 g/mol. The van der Waals surface area contributed by atoms with Crippen LogP contribution in [-0.2, 0) is 19.5 Å². The van der Waals surface area contributed by atoms with Crippen molar-refractivity contribution in [3.05, 3.63) is 88.7 Å². The van der Waals surface area contributed by atoms with Gasteiger partial charge in [0.2, 0.25) is 0 Å². The Kier molecular flexibility index (Phi) is 4.66.